The number of hydrogen-bond donors (Lipinski definition) is 1. The van der Waals surface area contributed by atoms with Crippen LogP contribution in [0.15, 0.2) is 30.3 Å². The Bertz CT molecular complexity index is 389. The van der Waals surface area contributed by atoms with Crippen molar-refractivity contribution < 1.29 is 14.3 Å². The molecule has 0 heterocycles. The van der Waals surface area contributed by atoms with Crippen molar-refractivity contribution in [1.29, 1.82) is 0 Å². The monoisotopic (exact) mass is 235 g/mol. The second-order valence-corrected chi connectivity index (χ2v) is 3.89. The lowest BCUT2D eigenvalue weighted by Crippen LogP contribution is -2.36. The Morgan fingerprint density at radius 1 is 1.18 bits per heavy atom. The van der Waals surface area contributed by atoms with Crippen molar-refractivity contribution in [2.45, 2.75) is 32.9 Å². The Balaban J connectivity index is 2.54. The highest BCUT2D eigenvalue weighted by atomic mass is 16.5. The van der Waals surface area contributed by atoms with Crippen LogP contribution in [0.2, 0.25) is 0 Å². The Morgan fingerprint density at radius 2 is 1.76 bits per heavy atom. The molecule has 92 valence electrons. The number of carbonyl (C=O) groups excluding carboxylic acids is 2. The van der Waals surface area contributed by atoms with Crippen LogP contribution >= 0.6 is 0 Å². The maximum absolute atomic E-state index is 11.7. The lowest BCUT2D eigenvalue weighted by atomic mass is 10.1. The van der Waals surface area contributed by atoms with Gasteiger partial charge in [0.15, 0.2) is 6.10 Å². The van der Waals surface area contributed by atoms with Gasteiger partial charge in [0.25, 0.3) is 5.91 Å². The maximum Gasteiger partial charge on any atom is 0.303 e. The van der Waals surface area contributed by atoms with Crippen LogP contribution in [-0.2, 0) is 14.3 Å². The molecule has 0 aliphatic heterocycles. The molecule has 0 fully saturated rings. The van der Waals surface area contributed by atoms with E-state index in [-0.39, 0.29) is 11.9 Å². The summed E-state index contributed by atoms with van der Waals surface area (Å²) in [7, 11) is 0. The summed E-state index contributed by atoms with van der Waals surface area (Å²) in [5.74, 6) is -0.753. The molecule has 0 saturated heterocycles. The number of nitrogens with one attached hydrogen (secondary N) is 1. The molecule has 1 amide bonds. The van der Waals surface area contributed by atoms with Gasteiger partial charge in [-0.25, -0.2) is 0 Å². The van der Waals surface area contributed by atoms with E-state index in [2.05, 4.69) is 5.32 Å². The SMILES string of the molecule is CC(=O)O[C@H](C)C(=O)N[C@@H](C)c1ccccc1. The number of carbonyl (C=O) groups is 2. The quantitative estimate of drug-likeness (QED) is 0.810. The summed E-state index contributed by atoms with van der Waals surface area (Å²) < 4.78 is 4.80. The van der Waals surface area contributed by atoms with E-state index in [1.54, 1.807) is 6.92 Å². The molecule has 1 aromatic carbocycles. The van der Waals surface area contributed by atoms with E-state index in [1.807, 2.05) is 37.3 Å². The summed E-state index contributed by atoms with van der Waals surface area (Å²) in [5, 5.41) is 2.79. The summed E-state index contributed by atoms with van der Waals surface area (Å²) in [4.78, 5) is 22.4. The Labute approximate surface area is 101 Å². The predicted molar refractivity (Wildman–Crippen MR) is 64.2 cm³/mol. The molecule has 0 bridgehead atoms. The smallest absolute Gasteiger partial charge is 0.303 e. The highest BCUT2D eigenvalue weighted by Crippen LogP contribution is 2.11. The summed E-state index contributed by atoms with van der Waals surface area (Å²) in [6, 6.07) is 9.49. The number of rotatable bonds is 4. The minimum Gasteiger partial charge on any atom is -0.453 e. The third kappa shape index (κ3) is 4.26. The second kappa shape index (κ2) is 6.03. The third-order valence-corrected chi connectivity index (χ3v) is 2.37. The van der Waals surface area contributed by atoms with E-state index in [0.717, 1.165) is 5.56 Å². The first kappa shape index (κ1) is 13.2. The van der Waals surface area contributed by atoms with Gasteiger partial charge >= 0.3 is 5.97 Å². The molecular weight excluding hydrogens is 218 g/mol. The lowest BCUT2D eigenvalue weighted by Gasteiger charge is -2.17. The molecule has 0 aliphatic rings. The molecule has 0 aromatic heterocycles. The topological polar surface area (TPSA) is 55.4 Å². The van der Waals surface area contributed by atoms with Gasteiger partial charge in [-0.05, 0) is 19.4 Å². The Hall–Kier alpha value is -1.84. The van der Waals surface area contributed by atoms with E-state index >= 15 is 0 Å². The van der Waals surface area contributed by atoms with Crippen molar-refractivity contribution in [3.05, 3.63) is 35.9 Å². The van der Waals surface area contributed by atoms with Gasteiger partial charge in [0.05, 0.1) is 6.04 Å². The van der Waals surface area contributed by atoms with Gasteiger partial charge in [-0.15, -0.1) is 0 Å². The summed E-state index contributed by atoms with van der Waals surface area (Å²) in [6.07, 6.45) is -0.765. The van der Waals surface area contributed by atoms with Gasteiger partial charge in [-0.3, -0.25) is 9.59 Å². The van der Waals surface area contributed by atoms with Crippen molar-refractivity contribution in [3.8, 4) is 0 Å². The van der Waals surface area contributed by atoms with Gasteiger partial charge in [-0.1, -0.05) is 30.3 Å². The zero-order chi connectivity index (χ0) is 12.8. The number of hydrogen-bond acceptors (Lipinski definition) is 3. The van der Waals surface area contributed by atoms with Crippen LogP contribution in [0, 0.1) is 0 Å². The summed E-state index contributed by atoms with van der Waals surface area (Å²) >= 11 is 0. The van der Waals surface area contributed by atoms with Crippen LogP contribution < -0.4 is 5.32 Å². The van der Waals surface area contributed by atoms with E-state index in [0.29, 0.717) is 0 Å². The molecule has 4 nitrogen and oxygen atoms in total. The van der Waals surface area contributed by atoms with Crippen LogP contribution in [0.5, 0.6) is 0 Å². The zero-order valence-corrected chi connectivity index (χ0v) is 10.3. The van der Waals surface area contributed by atoms with Crippen molar-refractivity contribution in [2.75, 3.05) is 0 Å². The minimum atomic E-state index is -0.765. The van der Waals surface area contributed by atoms with Crippen LogP contribution in [0.25, 0.3) is 0 Å². The van der Waals surface area contributed by atoms with E-state index in [4.69, 9.17) is 4.74 Å². The standard InChI is InChI=1S/C13H17NO3/c1-9(12-7-5-4-6-8-12)14-13(16)10(2)17-11(3)15/h4-10H,1-3H3,(H,14,16)/t9-,10+/m0/s1. The van der Waals surface area contributed by atoms with Gasteiger partial charge in [0.2, 0.25) is 0 Å². The van der Waals surface area contributed by atoms with Crippen LogP contribution in [-0.4, -0.2) is 18.0 Å². The van der Waals surface area contributed by atoms with Gasteiger partial charge in [-0.2, -0.15) is 0 Å². The first-order chi connectivity index (χ1) is 8.00. The van der Waals surface area contributed by atoms with Crippen LogP contribution in [0.1, 0.15) is 32.4 Å². The van der Waals surface area contributed by atoms with Crippen molar-refractivity contribution >= 4 is 11.9 Å². The molecule has 4 heteroatoms. The third-order valence-electron chi connectivity index (χ3n) is 2.37. The van der Waals surface area contributed by atoms with E-state index in [1.165, 1.54) is 6.92 Å². The molecule has 0 spiro atoms. The predicted octanol–water partition coefficient (Wildman–Crippen LogP) is 1.82. The lowest BCUT2D eigenvalue weighted by molar-refractivity contribution is -0.152. The minimum absolute atomic E-state index is 0.110. The molecular formula is C13H17NO3. The fourth-order valence-electron chi connectivity index (χ4n) is 1.46. The Kier molecular flexibility index (Phi) is 4.69. The van der Waals surface area contributed by atoms with Crippen molar-refractivity contribution in [1.82, 2.24) is 5.32 Å². The first-order valence-corrected chi connectivity index (χ1v) is 5.53. The van der Waals surface area contributed by atoms with Crippen LogP contribution in [0.4, 0.5) is 0 Å². The number of esters is 1. The van der Waals surface area contributed by atoms with Crippen molar-refractivity contribution in [2.24, 2.45) is 0 Å². The second-order valence-electron chi connectivity index (χ2n) is 3.89. The fraction of sp³-hybridized carbons (Fsp3) is 0.385. The maximum atomic E-state index is 11.7. The average molecular weight is 235 g/mol. The first-order valence-electron chi connectivity index (χ1n) is 5.53. The molecule has 2 atom stereocenters. The van der Waals surface area contributed by atoms with Gasteiger partial charge in [0.1, 0.15) is 0 Å². The number of ether oxygens (including phenoxy) is 1. The van der Waals surface area contributed by atoms with Gasteiger partial charge < -0.3 is 10.1 Å². The molecule has 1 N–H and O–H groups in total. The highest BCUT2D eigenvalue weighted by molar-refractivity contribution is 5.83. The largest absolute Gasteiger partial charge is 0.453 e. The molecule has 0 saturated carbocycles. The number of amides is 1. The zero-order valence-electron chi connectivity index (χ0n) is 10.3. The normalized spacial score (nSPS) is 13.6. The van der Waals surface area contributed by atoms with Gasteiger partial charge in [0, 0.05) is 6.92 Å². The molecule has 0 unspecified atom stereocenters. The average Bonchev–Trinajstić information content (AvgIpc) is 2.29. The molecule has 1 rings (SSSR count). The fourth-order valence-corrected chi connectivity index (χ4v) is 1.46. The Morgan fingerprint density at radius 3 is 2.29 bits per heavy atom. The molecule has 17 heavy (non-hydrogen) atoms. The molecule has 1 aromatic rings. The van der Waals surface area contributed by atoms with Crippen LogP contribution in [0.3, 0.4) is 0 Å². The summed E-state index contributed by atoms with van der Waals surface area (Å²) in [6.45, 7) is 4.71. The highest BCUT2D eigenvalue weighted by Gasteiger charge is 2.18. The van der Waals surface area contributed by atoms with E-state index < -0.39 is 12.1 Å². The summed E-state index contributed by atoms with van der Waals surface area (Å²) in [5.41, 5.74) is 1.01. The van der Waals surface area contributed by atoms with Crippen molar-refractivity contribution in [3.63, 3.8) is 0 Å². The van der Waals surface area contributed by atoms with E-state index in [9.17, 15) is 9.59 Å². The molecule has 0 radical (unpaired) electrons. The molecule has 0 aliphatic carbocycles. The number of benzene rings is 1.